The van der Waals surface area contributed by atoms with Crippen molar-refractivity contribution in [1.82, 2.24) is 0 Å². The molecule has 4 N–H and O–H groups in total. The zero-order valence-corrected chi connectivity index (χ0v) is 25.5. The lowest BCUT2D eigenvalue weighted by Gasteiger charge is -2.39. The van der Waals surface area contributed by atoms with Gasteiger partial charge in [0.25, 0.3) is 0 Å². The summed E-state index contributed by atoms with van der Waals surface area (Å²) in [6.07, 6.45) is 3.33. The molecule has 1 heterocycles. The molecule has 4 aromatic rings. The summed E-state index contributed by atoms with van der Waals surface area (Å²) in [6.45, 7) is -0.110. The van der Waals surface area contributed by atoms with Gasteiger partial charge in [-0.3, -0.25) is 10.5 Å². The highest BCUT2D eigenvalue weighted by atomic mass is 17.1. The summed E-state index contributed by atoms with van der Waals surface area (Å²) >= 11 is 0. The summed E-state index contributed by atoms with van der Waals surface area (Å²) in [4.78, 5) is 30.6. The van der Waals surface area contributed by atoms with Gasteiger partial charge in [0.1, 0.15) is 48.4 Å². The molecule has 246 valence electrons. The Kier molecular flexibility index (Phi) is 9.55. The summed E-state index contributed by atoms with van der Waals surface area (Å²) in [6, 6.07) is 27.6. The number of fused-ring (bicyclic) bond motifs is 9. The number of carboxylic acid groups (broad SMARTS) is 2. The third kappa shape index (κ3) is 6.27. The van der Waals surface area contributed by atoms with Gasteiger partial charge in [-0.1, -0.05) is 72.8 Å². The van der Waals surface area contributed by atoms with Crippen LogP contribution >= 0.6 is 0 Å². The fraction of sp³-hybridized carbons (Fsp3) is 0.189. The summed E-state index contributed by atoms with van der Waals surface area (Å²) < 4.78 is 18.5. The van der Waals surface area contributed by atoms with Crippen LogP contribution in [0.5, 0.6) is 23.0 Å². The van der Waals surface area contributed by atoms with Crippen molar-refractivity contribution in [3.63, 3.8) is 0 Å². The van der Waals surface area contributed by atoms with Gasteiger partial charge in [-0.05, 0) is 47.2 Å². The van der Waals surface area contributed by atoms with Crippen LogP contribution in [0.3, 0.4) is 0 Å². The van der Waals surface area contributed by atoms with Crippen LogP contribution in [0.4, 0.5) is 0 Å². The molecule has 1 spiro atoms. The quantitative estimate of drug-likeness (QED) is 0.0564. The highest BCUT2D eigenvalue weighted by Gasteiger charge is 2.51. The van der Waals surface area contributed by atoms with E-state index in [1.54, 1.807) is 12.1 Å². The van der Waals surface area contributed by atoms with Gasteiger partial charge in [-0.2, -0.15) is 0 Å². The largest absolute Gasteiger partial charge is 0.491 e. The van der Waals surface area contributed by atoms with Gasteiger partial charge in [0.05, 0.1) is 5.41 Å². The van der Waals surface area contributed by atoms with E-state index < -0.39 is 29.6 Å². The van der Waals surface area contributed by atoms with E-state index >= 15 is 0 Å². The van der Waals surface area contributed by atoms with Crippen LogP contribution in [-0.4, -0.2) is 58.1 Å². The Balaban J connectivity index is 1.38. The molecule has 11 nitrogen and oxygen atoms in total. The molecule has 48 heavy (non-hydrogen) atoms. The van der Waals surface area contributed by atoms with Gasteiger partial charge < -0.3 is 24.4 Å². The van der Waals surface area contributed by atoms with Crippen molar-refractivity contribution < 1.29 is 54.3 Å². The van der Waals surface area contributed by atoms with Crippen LogP contribution in [0, 0.1) is 0 Å². The SMILES string of the molecule is O=C(O)C=CCC(COc1ccc2c(c1)Oc1cc(OCC(CC=CC(=O)O)OO)ccc1C21c2ccccc2-c2ccccc21)OO. The summed E-state index contributed by atoms with van der Waals surface area (Å²) in [7, 11) is 0. The second-order valence-electron chi connectivity index (χ2n) is 11.3. The van der Waals surface area contributed by atoms with Gasteiger partial charge in [-0.25, -0.2) is 19.4 Å². The molecule has 2 aliphatic rings. The minimum absolute atomic E-state index is 0.0552. The first-order chi connectivity index (χ1) is 23.3. The highest BCUT2D eigenvalue weighted by molar-refractivity contribution is 5.88. The number of rotatable bonds is 14. The van der Waals surface area contributed by atoms with E-state index in [0.717, 1.165) is 45.5 Å². The Bertz CT molecular complexity index is 1740. The standard InChI is InChI=1S/C37H32O11/c38-35(39)13-5-7-25(47-42)21-44-23-15-17-31-33(19-23)46-34-20-24(45-22-26(48-43)8-6-14-36(40)41)16-18-32(34)37(31)29-11-3-1-9-27(29)28-10-2-4-12-30(28)37/h1-6,9-20,25-26,42-43H,7-8,21-22H2,(H,38,39)(H,40,41). The Morgan fingerprint density at radius 3 is 1.50 bits per heavy atom. The zero-order chi connectivity index (χ0) is 33.7. The first-order valence-corrected chi connectivity index (χ1v) is 15.2. The van der Waals surface area contributed by atoms with Crippen molar-refractivity contribution in [3.8, 4) is 34.1 Å². The van der Waals surface area contributed by atoms with Crippen LogP contribution in [0.1, 0.15) is 35.1 Å². The van der Waals surface area contributed by atoms with E-state index in [-0.39, 0.29) is 26.1 Å². The second-order valence-corrected chi connectivity index (χ2v) is 11.3. The fourth-order valence-corrected chi connectivity index (χ4v) is 6.35. The maximum Gasteiger partial charge on any atom is 0.327 e. The maximum atomic E-state index is 10.8. The van der Waals surface area contributed by atoms with Crippen molar-refractivity contribution in [2.24, 2.45) is 0 Å². The summed E-state index contributed by atoms with van der Waals surface area (Å²) in [5, 5.41) is 36.4. The van der Waals surface area contributed by atoms with Gasteiger partial charge in [0, 0.05) is 35.4 Å². The molecule has 11 heteroatoms. The van der Waals surface area contributed by atoms with E-state index in [1.165, 1.54) is 12.2 Å². The second kappa shape index (κ2) is 14.1. The lowest BCUT2D eigenvalue weighted by atomic mass is 9.66. The third-order valence-corrected chi connectivity index (χ3v) is 8.38. The highest BCUT2D eigenvalue weighted by Crippen LogP contribution is 2.62. The molecular formula is C37H32O11. The van der Waals surface area contributed by atoms with Crippen LogP contribution in [0.2, 0.25) is 0 Å². The average Bonchev–Trinajstić information content (AvgIpc) is 3.38. The number of hydrogen-bond acceptors (Lipinski definition) is 9. The predicted octanol–water partition coefficient (Wildman–Crippen LogP) is 6.69. The molecule has 1 aliphatic heterocycles. The van der Waals surface area contributed by atoms with Gasteiger partial charge >= 0.3 is 11.9 Å². The fourth-order valence-electron chi connectivity index (χ4n) is 6.35. The molecule has 4 aromatic carbocycles. The number of benzene rings is 4. The zero-order valence-electron chi connectivity index (χ0n) is 25.5. The lowest BCUT2D eigenvalue weighted by molar-refractivity contribution is -0.282. The molecule has 0 radical (unpaired) electrons. The molecule has 2 unspecified atom stereocenters. The molecule has 6 rings (SSSR count). The van der Waals surface area contributed by atoms with Crippen molar-refractivity contribution in [1.29, 1.82) is 0 Å². The Hall–Kier alpha value is -5.46. The summed E-state index contributed by atoms with van der Waals surface area (Å²) in [5.74, 6) is -0.252. The molecule has 0 amide bonds. The molecule has 0 fully saturated rings. The number of ether oxygens (including phenoxy) is 3. The Morgan fingerprint density at radius 1 is 0.646 bits per heavy atom. The van der Waals surface area contributed by atoms with Crippen molar-refractivity contribution in [3.05, 3.63) is 131 Å². The van der Waals surface area contributed by atoms with Crippen molar-refractivity contribution >= 4 is 11.9 Å². The molecule has 0 bridgehead atoms. The lowest BCUT2D eigenvalue weighted by Crippen LogP contribution is -2.32. The normalized spacial score (nSPS) is 14.9. The monoisotopic (exact) mass is 652 g/mol. The molecule has 0 saturated heterocycles. The van der Waals surface area contributed by atoms with Gasteiger partial charge in [0.2, 0.25) is 0 Å². The topological polar surface area (TPSA) is 161 Å². The summed E-state index contributed by atoms with van der Waals surface area (Å²) in [5.41, 5.74) is 5.40. The number of aliphatic carboxylic acids is 2. The van der Waals surface area contributed by atoms with E-state index in [4.69, 9.17) is 24.4 Å². The van der Waals surface area contributed by atoms with Gasteiger partial charge in [0.15, 0.2) is 0 Å². The minimum Gasteiger partial charge on any atom is -0.491 e. The molecule has 1 aliphatic carbocycles. The first kappa shape index (κ1) is 32.5. The molecule has 2 atom stereocenters. The van der Waals surface area contributed by atoms with Crippen LogP contribution in [-0.2, 0) is 24.8 Å². The average molecular weight is 653 g/mol. The van der Waals surface area contributed by atoms with E-state index in [2.05, 4.69) is 34.0 Å². The van der Waals surface area contributed by atoms with Crippen LogP contribution < -0.4 is 14.2 Å². The van der Waals surface area contributed by atoms with Gasteiger partial charge in [-0.15, -0.1) is 0 Å². The predicted molar refractivity (Wildman–Crippen MR) is 173 cm³/mol. The van der Waals surface area contributed by atoms with Crippen LogP contribution in [0.25, 0.3) is 11.1 Å². The Labute approximate surface area is 275 Å². The first-order valence-electron chi connectivity index (χ1n) is 15.2. The van der Waals surface area contributed by atoms with Crippen LogP contribution in [0.15, 0.2) is 109 Å². The molecular weight excluding hydrogens is 620 g/mol. The number of hydrogen-bond donors (Lipinski definition) is 4. The van der Waals surface area contributed by atoms with E-state index in [9.17, 15) is 20.1 Å². The minimum atomic E-state index is -1.10. The maximum absolute atomic E-state index is 10.8. The molecule has 0 aromatic heterocycles. The van der Waals surface area contributed by atoms with E-state index in [1.807, 2.05) is 48.5 Å². The van der Waals surface area contributed by atoms with E-state index in [0.29, 0.717) is 23.0 Å². The van der Waals surface area contributed by atoms with Crippen molar-refractivity contribution in [2.75, 3.05) is 13.2 Å². The Morgan fingerprint density at radius 2 is 1.08 bits per heavy atom. The number of carboxylic acids is 2. The molecule has 0 saturated carbocycles. The number of carbonyl (C=O) groups is 2. The van der Waals surface area contributed by atoms with Crippen molar-refractivity contribution in [2.45, 2.75) is 30.5 Å². The smallest absolute Gasteiger partial charge is 0.327 e. The third-order valence-electron chi connectivity index (χ3n) is 8.38.